The number of aromatic nitrogens is 2. The summed E-state index contributed by atoms with van der Waals surface area (Å²) in [6, 6.07) is 0.952. The average molecular weight is 301 g/mol. The number of hydrogen-bond donors (Lipinski definition) is 1. The van der Waals surface area contributed by atoms with Crippen LogP contribution >= 0.6 is 0 Å². The minimum absolute atomic E-state index is 0.0462. The second-order valence-corrected chi connectivity index (χ2v) is 5.84. The van der Waals surface area contributed by atoms with Gasteiger partial charge in [-0.3, -0.25) is 0 Å². The van der Waals surface area contributed by atoms with E-state index in [0.717, 1.165) is 50.8 Å². The molecule has 1 saturated heterocycles. The van der Waals surface area contributed by atoms with Gasteiger partial charge in [-0.05, 0) is 31.7 Å². The van der Waals surface area contributed by atoms with Crippen LogP contribution in [0.25, 0.3) is 0 Å². The average Bonchev–Trinajstić information content (AvgIpc) is 2.86. The van der Waals surface area contributed by atoms with Crippen LogP contribution < -0.4 is 5.32 Å². The van der Waals surface area contributed by atoms with Crippen molar-refractivity contribution in [3.05, 3.63) is 18.0 Å². The number of hydrogen-bond acceptors (Lipinski definition) is 4. The van der Waals surface area contributed by atoms with Crippen molar-refractivity contribution < 1.29 is 17.9 Å². The Morgan fingerprint density at radius 3 is 2.76 bits per heavy atom. The molecule has 1 aromatic heterocycles. The number of nitrogens with one attached hydrogen (secondary N) is 1. The van der Waals surface area contributed by atoms with E-state index in [4.69, 9.17) is 4.74 Å². The second kappa shape index (κ2) is 5.44. The van der Waals surface area contributed by atoms with E-state index in [9.17, 15) is 13.2 Å². The Balaban J connectivity index is 1.69. The van der Waals surface area contributed by atoms with Crippen LogP contribution in [0.1, 0.15) is 44.2 Å². The van der Waals surface area contributed by atoms with Crippen LogP contribution in [0.5, 0.6) is 0 Å². The maximum Gasteiger partial charge on any atom is 0.433 e. The highest BCUT2D eigenvalue weighted by atomic mass is 19.4. The van der Waals surface area contributed by atoms with Crippen molar-refractivity contribution in [3.8, 4) is 0 Å². The Morgan fingerprint density at radius 1 is 1.29 bits per heavy atom. The molecular weight excluding hydrogens is 283 g/mol. The number of anilines is 1. The molecule has 2 fully saturated rings. The lowest BCUT2D eigenvalue weighted by molar-refractivity contribution is -0.141. The first kappa shape index (κ1) is 14.6. The minimum Gasteiger partial charge on any atom is -0.375 e. The zero-order valence-corrected chi connectivity index (χ0v) is 11.6. The normalized spacial score (nSPS) is 25.2. The summed E-state index contributed by atoms with van der Waals surface area (Å²) in [6.45, 7) is 0.636. The molecule has 0 radical (unpaired) electrons. The molecule has 0 bridgehead atoms. The predicted octanol–water partition coefficient (Wildman–Crippen LogP) is 3.40. The third kappa shape index (κ3) is 3.28. The monoisotopic (exact) mass is 301 g/mol. The van der Waals surface area contributed by atoms with Gasteiger partial charge in [0.05, 0.1) is 5.60 Å². The molecule has 1 aromatic rings. The van der Waals surface area contributed by atoms with Crippen molar-refractivity contribution in [2.24, 2.45) is 0 Å². The summed E-state index contributed by atoms with van der Waals surface area (Å²) in [6.07, 6.45) is 2.67. The van der Waals surface area contributed by atoms with Gasteiger partial charge >= 0.3 is 6.18 Å². The zero-order valence-electron chi connectivity index (χ0n) is 11.6. The number of rotatable bonds is 2. The van der Waals surface area contributed by atoms with E-state index in [1.165, 1.54) is 0 Å². The van der Waals surface area contributed by atoms with Gasteiger partial charge in [0, 0.05) is 18.8 Å². The van der Waals surface area contributed by atoms with Crippen molar-refractivity contribution in [2.75, 3.05) is 11.9 Å². The van der Waals surface area contributed by atoms with Crippen LogP contribution in [0, 0.1) is 0 Å². The Kier molecular flexibility index (Phi) is 3.77. The Hall–Kier alpha value is -1.37. The van der Waals surface area contributed by atoms with Gasteiger partial charge < -0.3 is 10.1 Å². The first-order valence-corrected chi connectivity index (χ1v) is 7.28. The van der Waals surface area contributed by atoms with Crippen molar-refractivity contribution >= 4 is 5.95 Å². The summed E-state index contributed by atoms with van der Waals surface area (Å²) in [5.41, 5.74) is -1.000. The molecule has 0 amide bonds. The van der Waals surface area contributed by atoms with Gasteiger partial charge in [0.1, 0.15) is 5.69 Å². The van der Waals surface area contributed by atoms with Crippen LogP contribution in [-0.2, 0) is 10.9 Å². The molecule has 1 aliphatic carbocycles. The van der Waals surface area contributed by atoms with Crippen molar-refractivity contribution in [1.29, 1.82) is 0 Å². The van der Waals surface area contributed by atoms with Crippen LogP contribution in [0.15, 0.2) is 12.3 Å². The van der Waals surface area contributed by atoms with Gasteiger partial charge in [-0.15, -0.1) is 0 Å². The standard InChI is InChI=1S/C14H18F3N3O/c15-14(16,17)11-3-7-18-12(20-11)19-10-4-8-21-13(9-10)5-1-2-6-13/h3,7,10H,1-2,4-6,8-9H2,(H,18,19,20)/t10-/m1/s1. The molecule has 1 saturated carbocycles. The highest BCUT2D eigenvalue weighted by molar-refractivity contribution is 5.28. The van der Waals surface area contributed by atoms with Gasteiger partial charge in [0.25, 0.3) is 0 Å². The SMILES string of the molecule is FC(F)(F)c1ccnc(N[C@@H]2CCOC3(CCCC3)C2)n1. The van der Waals surface area contributed by atoms with E-state index >= 15 is 0 Å². The molecule has 1 N–H and O–H groups in total. The molecule has 2 heterocycles. The van der Waals surface area contributed by atoms with E-state index in [2.05, 4.69) is 15.3 Å². The number of ether oxygens (including phenoxy) is 1. The molecule has 21 heavy (non-hydrogen) atoms. The molecule has 2 aliphatic rings. The maximum atomic E-state index is 12.6. The second-order valence-electron chi connectivity index (χ2n) is 5.84. The van der Waals surface area contributed by atoms with Crippen molar-refractivity contribution in [2.45, 2.75) is 56.3 Å². The molecule has 7 heteroatoms. The van der Waals surface area contributed by atoms with E-state index < -0.39 is 11.9 Å². The molecule has 4 nitrogen and oxygen atoms in total. The summed E-state index contributed by atoms with van der Waals surface area (Å²) in [5, 5.41) is 3.04. The molecule has 1 aliphatic heterocycles. The summed E-state index contributed by atoms with van der Waals surface area (Å²) in [7, 11) is 0. The minimum atomic E-state index is -4.44. The lowest BCUT2D eigenvalue weighted by Gasteiger charge is -2.38. The first-order valence-electron chi connectivity index (χ1n) is 7.28. The van der Waals surface area contributed by atoms with Gasteiger partial charge in [-0.1, -0.05) is 12.8 Å². The molecular formula is C14H18F3N3O. The summed E-state index contributed by atoms with van der Waals surface area (Å²) in [4.78, 5) is 7.46. The van der Waals surface area contributed by atoms with Gasteiger partial charge in [0.2, 0.25) is 5.95 Å². The van der Waals surface area contributed by atoms with Crippen LogP contribution in [0.3, 0.4) is 0 Å². The van der Waals surface area contributed by atoms with E-state index in [1.54, 1.807) is 0 Å². The smallest absolute Gasteiger partial charge is 0.375 e. The fraction of sp³-hybridized carbons (Fsp3) is 0.714. The Labute approximate surface area is 121 Å². The highest BCUT2D eigenvalue weighted by Gasteiger charge is 2.40. The van der Waals surface area contributed by atoms with Crippen LogP contribution in [-0.4, -0.2) is 28.2 Å². The first-order chi connectivity index (χ1) is 9.97. The fourth-order valence-corrected chi connectivity index (χ4v) is 3.29. The third-order valence-corrected chi connectivity index (χ3v) is 4.29. The number of halogens is 3. The molecule has 0 aromatic carbocycles. The van der Waals surface area contributed by atoms with Gasteiger partial charge in [-0.25, -0.2) is 9.97 Å². The van der Waals surface area contributed by atoms with Gasteiger partial charge in [0.15, 0.2) is 0 Å². The summed E-state index contributed by atoms with van der Waals surface area (Å²) < 4.78 is 43.9. The molecule has 0 unspecified atom stereocenters. The molecule has 3 rings (SSSR count). The third-order valence-electron chi connectivity index (χ3n) is 4.29. The number of alkyl halides is 3. The van der Waals surface area contributed by atoms with Crippen molar-refractivity contribution in [3.63, 3.8) is 0 Å². The Morgan fingerprint density at radius 2 is 2.05 bits per heavy atom. The van der Waals surface area contributed by atoms with E-state index in [0.29, 0.717) is 6.61 Å². The summed E-state index contributed by atoms with van der Waals surface area (Å²) in [5.74, 6) is 0.0462. The lowest BCUT2D eigenvalue weighted by atomic mass is 9.89. The summed E-state index contributed by atoms with van der Waals surface area (Å²) >= 11 is 0. The van der Waals surface area contributed by atoms with E-state index in [1.807, 2.05) is 0 Å². The highest BCUT2D eigenvalue weighted by Crippen LogP contribution is 2.40. The van der Waals surface area contributed by atoms with Crippen LogP contribution in [0.4, 0.5) is 19.1 Å². The molecule has 1 atom stereocenters. The molecule has 1 spiro atoms. The predicted molar refractivity (Wildman–Crippen MR) is 70.8 cm³/mol. The van der Waals surface area contributed by atoms with Gasteiger partial charge in [-0.2, -0.15) is 13.2 Å². The van der Waals surface area contributed by atoms with E-state index in [-0.39, 0.29) is 17.6 Å². The molecule has 116 valence electrons. The quantitative estimate of drug-likeness (QED) is 0.909. The fourth-order valence-electron chi connectivity index (χ4n) is 3.29. The lowest BCUT2D eigenvalue weighted by Crippen LogP contribution is -2.42. The van der Waals surface area contributed by atoms with Crippen molar-refractivity contribution in [1.82, 2.24) is 9.97 Å². The maximum absolute atomic E-state index is 12.6. The topological polar surface area (TPSA) is 47.0 Å². The Bertz CT molecular complexity index is 500. The number of nitrogens with zero attached hydrogens (tertiary/aromatic N) is 2. The largest absolute Gasteiger partial charge is 0.433 e. The van der Waals surface area contributed by atoms with Crippen LogP contribution in [0.2, 0.25) is 0 Å². The zero-order chi connectivity index (χ0) is 14.9.